The summed E-state index contributed by atoms with van der Waals surface area (Å²) in [6.45, 7) is -1.44. The summed E-state index contributed by atoms with van der Waals surface area (Å²) in [6.07, 6.45) is -9.63. The second-order valence-corrected chi connectivity index (χ2v) is 9.46. The van der Waals surface area contributed by atoms with Crippen LogP contribution in [-0.2, 0) is 20.8 Å². The van der Waals surface area contributed by atoms with Crippen LogP contribution in [0.25, 0.3) is 0 Å². The van der Waals surface area contributed by atoms with Gasteiger partial charge in [0.1, 0.15) is 24.9 Å². The zero-order chi connectivity index (χ0) is 32.5. The summed E-state index contributed by atoms with van der Waals surface area (Å²) in [6, 6.07) is 5.00. The van der Waals surface area contributed by atoms with Crippen molar-refractivity contribution in [3.05, 3.63) is 53.1 Å². The Hall–Kier alpha value is -5.36. The largest absolute Gasteiger partial charge is 0.504 e. The van der Waals surface area contributed by atoms with E-state index in [0.717, 1.165) is 36.4 Å². The van der Waals surface area contributed by atoms with E-state index in [1.54, 1.807) is 0 Å². The first-order valence-corrected chi connectivity index (χ1v) is 12.4. The SMILES string of the molecule is O=C(OCC1OC(Oc2c(O)cc(CO)cc2O)C(O)C(O)C1OC(=O)c1cc(O)c(O)c(O)c1)c1cc(O)c(O)c(O)c1. The summed E-state index contributed by atoms with van der Waals surface area (Å²) in [5.74, 6) is -9.96. The highest BCUT2D eigenvalue weighted by atomic mass is 16.7. The molecule has 11 N–H and O–H groups in total. The third-order valence-corrected chi connectivity index (χ3v) is 6.40. The van der Waals surface area contributed by atoms with Gasteiger partial charge in [-0.3, -0.25) is 0 Å². The molecule has 0 radical (unpaired) electrons. The van der Waals surface area contributed by atoms with Gasteiger partial charge in [-0.1, -0.05) is 0 Å². The number of carbonyl (C=O) groups excluding carboxylic acids is 2. The molecular weight excluding hydrogens is 596 g/mol. The first-order chi connectivity index (χ1) is 20.7. The van der Waals surface area contributed by atoms with E-state index in [-0.39, 0.29) is 5.56 Å². The summed E-state index contributed by atoms with van der Waals surface area (Å²) in [4.78, 5) is 25.5. The normalized spacial score (nSPS) is 21.4. The van der Waals surface area contributed by atoms with Gasteiger partial charge in [0.25, 0.3) is 0 Å². The highest BCUT2D eigenvalue weighted by Crippen LogP contribution is 2.40. The van der Waals surface area contributed by atoms with Crippen LogP contribution in [0.1, 0.15) is 26.3 Å². The van der Waals surface area contributed by atoms with Crippen LogP contribution in [0.15, 0.2) is 36.4 Å². The lowest BCUT2D eigenvalue weighted by Crippen LogP contribution is -2.61. The maximum Gasteiger partial charge on any atom is 0.338 e. The van der Waals surface area contributed by atoms with E-state index in [4.69, 9.17) is 18.9 Å². The van der Waals surface area contributed by atoms with Crippen molar-refractivity contribution in [3.63, 3.8) is 0 Å². The number of aliphatic hydroxyl groups is 3. The lowest BCUT2D eigenvalue weighted by atomic mass is 9.98. The van der Waals surface area contributed by atoms with Crippen LogP contribution in [-0.4, -0.2) is 105 Å². The lowest BCUT2D eigenvalue weighted by molar-refractivity contribution is -0.277. The maximum atomic E-state index is 12.8. The van der Waals surface area contributed by atoms with E-state index in [0.29, 0.717) is 0 Å². The molecule has 1 heterocycles. The Labute approximate surface area is 245 Å². The Kier molecular flexibility index (Phi) is 8.95. The van der Waals surface area contributed by atoms with Crippen molar-refractivity contribution in [1.29, 1.82) is 0 Å². The molecular formula is C27H26O17. The van der Waals surface area contributed by atoms with Crippen molar-refractivity contribution in [3.8, 4) is 51.7 Å². The minimum absolute atomic E-state index is 0.0897. The van der Waals surface area contributed by atoms with Crippen LogP contribution in [0.2, 0.25) is 0 Å². The molecule has 0 aromatic heterocycles. The fourth-order valence-electron chi connectivity index (χ4n) is 4.14. The van der Waals surface area contributed by atoms with Gasteiger partial charge in [0.2, 0.25) is 12.0 Å². The smallest absolute Gasteiger partial charge is 0.338 e. The van der Waals surface area contributed by atoms with Crippen LogP contribution in [0.4, 0.5) is 0 Å². The molecule has 0 spiro atoms. The molecule has 17 heteroatoms. The minimum atomic E-state index is -2.08. The first-order valence-electron chi connectivity index (χ1n) is 12.4. The number of phenols is 8. The molecule has 5 atom stereocenters. The van der Waals surface area contributed by atoms with E-state index in [1.165, 1.54) is 0 Å². The van der Waals surface area contributed by atoms with Crippen LogP contribution < -0.4 is 4.74 Å². The molecule has 0 aliphatic carbocycles. The zero-order valence-electron chi connectivity index (χ0n) is 22.1. The predicted molar refractivity (Wildman–Crippen MR) is 139 cm³/mol. The third kappa shape index (κ3) is 6.35. The molecule has 0 amide bonds. The van der Waals surface area contributed by atoms with Crippen molar-refractivity contribution < 1.29 is 84.7 Å². The summed E-state index contributed by atoms with van der Waals surface area (Å²) >= 11 is 0. The molecule has 0 bridgehead atoms. The number of hydrogen-bond donors (Lipinski definition) is 11. The first kappa shape index (κ1) is 31.6. The van der Waals surface area contributed by atoms with Gasteiger partial charge in [-0.2, -0.15) is 0 Å². The van der Waals surface area contributed by atoms with Gasteiger partial charge in [0.05, 0.1) is 17.7 Å². The fraction of sp³-hybridized carbons (Fsp3) is 0.259. The summed E-state index contributed by atoms with van der Waals surface area (Å²) in [7, 11) is 0. The van der Waals surface area contributed by atoms with Crippen molar-refractivity contribution in [2.45, 2.75) is 37.3 Å². The van der Waals surface area contributed by atoms with E-state index in [1.807, 2.05) is 0 Å². The van der Waals surface area contributed by atoms with E-state index >= 15 is 0 Å². The van der Waals surface area contributed by atoms with Gasteiger partial charge in [-0.05, 0) is 42.0 Å². The number of hydrogen-bond acceptors (Lipinski definition) is 17. The second kappa shape index (κ2) is 12.5. The van der Waals surface area contributed by atoms with Crippen molar-refractivity contribution >= 4 is 11.9 Å². The second-order valence-electron chi connectivity index (χ2n) is 9.46. The summed E-state index contributed by atoms with van der Waals surface area (Å²) in [5.41, 5.74) is -0.890. The summed E-state index contributed by atoms with van der Waals surface area (Å²) in [5, 5.41) is 109. The molecule has 3 aromatic rings. The number of aliphatic hydroxyl groups excluding tert-OH is 3. The van der Waals surface area contributed by atoms with Gasteiger partial charge >= 0.3 is 11.9 Å². The quantitative estimate of drug-likeness (QED) is 0.114. The Balaban J connectivity index is 1.62. The molecule has 44 heavy (non-hydrogen) atoms. The molecule has 5 unspecified atom stereocenters. The van der Waals surface area contributed by atoms with Crippen molar-refractivity contribution in [1.82, 2.24) is 0 Å². The molecule has 1 aliphatic heterocycles. The highest BCUT2D eigenvalue weighted by molar-refractivity contribution is 5.92. The number of rotatable bonds is 8. The molecule has 3 aromatic carbocycles. The average Bonchev–Trinajstić information content (AvgIpc) is 2.98. The van der Waals surface area contributed by atoms with E-state index < -0.39 is 119 Å². The Morgan fingerprint density at radius 2 is 1.16 bits per heavy atom. The number of esters is 2. The zero-order valence-corrected chi connectivity index (χ0v) is 22.1. The van der Waals surface area contributed by atoms with Crippen molar-refractivity contribution in [2.24, 2.45) is 0 Å². The maximum absolute atomic E-state index is 12.8. The van der Waals surface area contributed by atoms with Crippen LogP contribution in [0.3, 0.4) is 0 Å². The van der Waals surface area contributed by atoms with Gasteiger partial charge in [-0.25, -0.2) is 9.59 Å². The van der Waals surface area contributed by atoms with E-state index in [2.05, 4.69) is 0 Å². The minimum Gasteiger partial charge on any atom is -0.504 e. The highest BCUT2D eigenvalue weighted by Gasteiger charge is 2.49. The van der Waals surface area contributed by atoms with Gasteiger partial charge in [0.15, 0.2) is 52.1 Å². The molecule has 1 aliphatic rings. The number of carbonyl (C=O) groups is 2. The van der Waals surface area contributed by atoms with Crippen molar-refractivity contribution in [2.75, 3.05) is 6.61 Å². The molecule has 0 saturated carbocycles. The Morgan fingerprint density at radius 3 is 1.64 bits per heavy atom. The molecule has 236 valence electrons. The molecule has 1 fully saturated rings. The van der Waals surface area contributed by atoms with Gasteiger partial charge in [-0.15, -0.1) is 0 Å². The number of phenolic OH excluding ortho intramolecular Hbond substituents is 8. The number of aromatic hydroxyl groups is 8. The topological polar surface area (TPSA) is 294 Å². The lowest BCUT2D eigenvalue weighted by Gasteiger charge is -2.41. The Bertz CT molecular complexity index is 1500. The molecule has 17 nitrogen and oxygen atoms in total. The standard InChI is InChI=1S/C27H26O17/c28-7-9-1-16(33)23(17(34)2-9)44-27-22(38)21(37)24(43-26(40)11-5-14(31)20(36)15(32)6-11)18(42-27)8-41-25(39)10-3-12(29)19(35)13(30)4-10/h1-6,18,21-22,24,27-38H,7-8H2. The number of benzene rings is 3. The predicted octanol–water partition coefficient (Wildman–Crippen LogP) is -0.268. The monoisotopic (exact) mass is 622 g/mol. The van der Waals surface area contributed by atoms with Crippen LogP contribution >= 0.6 is 0 Å². The molecule has 4 rings (SSSR count). The Morgan fingerprint density at radius 1 is 0.682 bits per heavy atom. The molecule has 1 saturated heterocycles. The van der Waals surface area contributed by atoms with Crippen LogP contribution in [0, 0.1) is 0 Å². The van der Waals surface area contributed by atoms with Crippen LogP contribution in [0.5, 0.6) is 51.7 Å². The summed E-state index contributed by atoms with van der Waals surface area (Å²) < 4.78 is 21.3. The third-order valence-electron chi connectivity index (χ3n) is 6.40. The van der Waals surface area contributed by atoms with Gasteiger partial charge < -0.3 is 75.1 Å². The average molecular weight is 622 g/mol. The number of ether oxygens (including phenoxy) is 4. The fourth-order valence-corrected chi connectivity index (χ4v) is 4.14. The van der Waals surface area contributed by atoms with Gasteiger partial charge in [0, 0.05) is 0 Å². The van der Waals surface area contributed by atoms with E-state index in [9.17, 15) is 65.8 Å².